The van der Waals surface area contributed by atoms with Gasteiger partial charge in [0.2, 0.25) is 5.91 Å². The lowest BCUT2D eigenvalue weighted by Gasteiger charge is -2.31. The molecule has 1 fully saturated rings. The van der Waals surface area contributed by atoms with E-state index >= 15 is 0 Å². The van der Waals surface area contributed by atoms with Gasteiger partial charge in [-0.25, -0.2) is 0 Å². The number of amides is 1. The standard InChI is InChI=1S/C23H32N2O2S/c1-15-8-6-7-9-21(15)16(2)12-20-11-10-17(3)25(20)23(26)14-28-13-22-18(4)24-27-19(22)5/h6-9,16-17,20H,10-14H2,1-5H3. The van der Waals surface area contributed by atoms with Gasteiger partial charge in [-0.2, -0.15) is 0 Å². The molecule has 3 rings (SSSR count). The van der Waals surface area contributed by atoms with Gasteiger partial charge in [0, 0.05) is 23.4 Å². The Balaban J connectivity index is 1.59. The number of nitrogens with zero attached hydrogens (tertiary/aromatic N) is 2. The van der Waals surface area contributed by atoms with Gasteiger partial charge in [-0.1, -0.05) is 36.3 Å². The molecule has 0 radical (unpaired) electrons. The lowest BCUT2D eigenvalue weighted by atomic mass is 9.90. The quantitative estimate of drug-likeness (QED) is 0.624. The molecule has 1 aliphatic rings. The van der Waals surface area contributed by atoms with Crippen LogP contribution in [0.4, 0.5) is 0 Å². The molecule has 152 valence electrons. The van der Waals surface area contributed by atoms with Crippen molar-refractivity contribution in [2.45, 2.75) is 77.6 Å². The van der Waals surface area contributed by atoms with Crippen molar-refractivity contribution in [3.8, 4) is 0 Å². The molecule has 1 aromatic heterocycles. The van der Waals surface area contributed by atoms with Gasteiger partial charge in [0.05, 0.1) is 11.4 Å². The molecule has 3 atom stereocenters. The first kappa shape index (κ1) is 21.0. The van der Waals surface area contributed by atoms with Crippen LogP contribution in [0.2, 0.25) is 0 Å². The molecule has 0 aliphatic carbocycles. The molecule has 0 spiro atoms. The zero-order valence-electron chi connectivity index (χ0n) is 17.7. The number of aromatic nitrogens is 1. The van der Waals surface area contributed by atoms with Crippen LogP contribution >= 0.6 is 11.8 Å². The second-order valence-electron chi connectivity index (χ2n) is 8.17. The first-order chi connectivity index (χ1) is 13.4. The van der Waals surface area contributed by atoms with Crippen molar-refractivity contribution >= 4 is 17.7 Å². The molecule has 1 aliphatic heterocycles. The molecular formula is C23H32N2O2S. The van der Waals surface area contributed by atoms with E-state index in [1.807, 2.05) is 13.8 Å². The van der Waals surface area contributed by atoms with E-state index in [0.717, 1.165) is 42.0 Å². The van der Waals surface area contributed by atoms with Crippen molar-refractivity contribution in [2.75, 3.05) is 5.75 Å². The molecule has 0 saturated carbocycles. The van der Waals surface area contributed by atoms with Gasteiger partial charge < -0.3 is 9.42 Å². The lowest BCUT2D eigenvalue weighted by molar-refractivity contribution is -0.131. The third kappa shape index (κ3) is 4.62. The van der Waals surface area contributed by atoms with E-state index in [0.29, 0.717) is 23.8 Å². The van der Waals surface area contributed by atoms with E-state index in [9.17, 15) is 4.79 Å². The predicted molar refractivity (Wildman–Crippen MR) is 116 cm³/mol. The fourth-order valence-corrected chi connectivity index (χ4v) is 5.49. The summed E-state index contributed by atoms with van der Waals surface area (Å²) in [5, 5.41) is 4.00. The SMILES string of the molecule is Cc1ccccc1C(C)CC1CCC(C)N1C(=O)CSCc1c(C)noc1C. The van der Waals surface area contributed by atoms with E-state index < -0.39 is 0 Å². The minimum Gasteiger partial charge on any atom is -0.361 e. The zero-order chi connectivity index (χ0) is 20.3. The zero-order valence-corrected chi connectivity index (χ0v) is 18.5. The highest BCUT2D eigenvalue weighted by Gasteiger charge is 2.35. The molecule has 1 saturated heterocycles. The number of thioether (sulfide) groups is 1. The van der Waals surface area contributed by atoms with Gasteiger partial charge in [0.1, 0.15) is 5.76 Å². The van der Waals surface area contributed by atoms with Crippen molar-refractivity contribution in [2.24, 2.45) is 0 Å². The van der Waals surface area contributed by atoms with E-state index in [1.54, 1.807) is 11.8 Å². The van der Waals surface area contributed by atoms with E-state index in [4.69, 9.17) is 4.52 Å². The summed E-state index contributed by atoms with van der Waals surface area (Å²) < 4.78 is 5.22. The largest absolute Gasteiger partial charge is 0.361 e. The monoisotopic (exact) mass is 400 g/mol. The highest BCUT2D eigenvalue weighted by molar-refractivity contribution is 7.99. The van der Waals surface area contributed by atoms with Crippen LogP contribution in [0.1, 0.15) is 67.2 Å². The molecule has 1 amide bonds. The molecule has 2 heterocycles. The van der Waals surface area contributed by atoms with Crippen LogP contribution in [-0.2, 0) is 10.5 Å². The first-order valence-corrected chi connectivity index (χ1v) is 11.4. The molecule has 5 heteroatoms. The highest BCUT2D eigenvalue weighted by atomic mass is 32.2. The van der Waals surface area contributed by atoms with Crippen molar-refractivity contribution in [1.29, 1.82) is 0 Å². The van der Waals surface area contributed by atoms with Crippen LogP contribution < -0.4 is 0 Å². The molecule has 2 aromatic rings. The van der Waals surface area contributed by atoms with E-state index in [2.05, 4.69) is 55.1 Å². The van der Waals surface area contributed by atoms with Gasteiger partial charge in [-0.05, 0) is 64.0 Å². The summed E-state index contributed by atoms with van der Waals surface area (Å²) >= 11 is 1.66. The lowest BCUT2D eigenvalue weighted by Crippen LogP contribution is -2.41. The molecule has 1 aromatic carbocycles. The topological polar surface area (TPSA) is 46.3 Å². The van der Waals surface area contributed by atoms with Gasteiger partial charge in [-0.3, -0.25) is 4.79 Å². The van der Waals surface area contributed by atoms with Crippen LogP contribution in [0.3, 0.4) is 0 Å². The average Bonchev–Trinajstić information content (AvgIpc) is 3.18. The van der Waals surface area contributed by atoms with E-state index in [-0.39, 0.29) is 5.91 Å². The Kier molecular flexibility index (Phi) is 6.86. The summed E-state index contributed by atoms with van der Waals surface area (Å²) in [6, 6.07) is 9.29. The van der Waals surface area contributed by atoms with Crippen LogP contribution in [0, 0.1) is 20.8 Å². The van der Waals surface area contributed by atoms with Gasteiger partial charge in [0.15, 0.2) is 0 Å². The Bertz CT molecular complexity index is 797. The summed E-state index contributed by atoms with van der Waals surface area (Å²) in [4.78, 5) is 15.2. The molecule has 3 unspecified atom stereocenters. The molecular weight excluding hydrogens is 368 g/mol. The van der Waals surface area contributed by atoms with Gasteiger partial charge in [-0.15, -0.1) is 11.8 Å². The number of aryl methyl sites for hydroxylation is 3. The van der Waals surface area contributed by atoms with Gasteiger partial charge >= 0.3 is 0 Å². The Hall–Kier alpha value is -1.75. The van der Waals surface area contributed by atoms with Crippen LogP contribution in [0.15, 0.2) is 28.8 Å². The number of benzene rings is 1. The Morgan fingerprint density at radius 1 is 1.29 bits per heavy atom. The third-order valence-electron chi connectivity index (χ3n) is 6.07. The van der Waals surface area contributed by atoms with Crippen LogP contribution in [-0.4, -0.2) is 33.8 Å². The maximum Gasteiger partial charge on any atom is 0.233 e. The Labute approximate surface area is 173 Å². The van der Waals surface area contributed by atoms with Crippen molar-refractivity contribution in [3.05, 3.63) is 52.4 Å². The Morgan fingerprint density at radius 3 is 2.71 bits per heavy atom. The molecule has 0 N–H and O–H groups in total. The first-order valence-electron chi connectivity index (χ1n) is 10.2. The average molecular weight is 401 g/mol. The minimum atomic E-state index is 0.267. The van der Waals surface area contributed by atoms with Crippen molar-refractivity contribution in [1.82, 2.24) is 10.1 Å². The maximum atomic E-state index is 13.0. The second kappa shape index (κ2) is 9.17. The maximum absolute atomic E-state index is 13.0. The van der Waals surface area contributed by atoms with Crippen LogP contribution in [0.5, 0.6) is 0 Å². The van der Waals surface area contributed by atoms with Gasteiger partial charge in [0.25, 0.3) is 0 Å². The number of hydrogen-bond acceptors (Lipinski definition) is 4. The summed E-state index contributed by atoms with van der Waals surface area (Å²) in [7, 11) is 0. The number of carbonyl (C=O) groups is 1. The summed E-state index contributed by atoms with van der Waals surface area (Å²) in [5.41, 5.74) is 4.80. The number of rotatable bonds is 7. The molecule has 28 heavy (non-hydrogen) atoms. The fraction of sp³-hybridized carbons (Fsp3) is 0.565. The highest BCUT2D eigenvalue weighted by Crippen LogP contribution is 2.33. The summed E-state index contributed by atoms with van der Waals surface area (Å²) in [6.45, 7) is 10.6. The molecule has 4 nitrogen and oxygen atoms in total. The van der Waals surface area contributed by atoms with Crippen molar-refractivity contribution < 1.29 is 9.32 Å². The minimum absolute atomic E-state index is 0.267. The van der Waals surface area contributed by atoms with Crippen LogP contribution in [0.25, 0.3) is 0 Å². The van der Waals surface area contributed by atoms with E-state index in [1.165, 1.54) is 11.1 Å². The third-order valence-corrected chi connectivity index (χ3v) is 7.02. The summed E-state index contributed by atoms with van der Waals surface area (Å²) in [6.07, 6.45) is 3.25. The fourth-order valence-electron chi connectivity index (χ4n) is 4.45. The molecule has 0 bridgehead atoms. The number of hydrogen-bond donors (Lipinski definition) is 0. The number of carbonyl (C=O) groups excluding carboxylic acids is 1. The smallest absolute Gasteiger partial charge is 0.233 e. The predicted octanol–water partition coefficient (Wildman–Crippen LogP) is 5.41. The Morgan fingerprint density at radius 2 is 2.04 bits per heavy atom. The summed E-state index contributed by atoms with van der Waals surface area (Å²) in [5.74, 6) is 2.88. The second-order valence-corrected chi connectivity index (χ2v) is 9.16. The normalized spacial score (nSPS) is 20.5. The van der Waals surface area contributed by atoms with Crippen molar-refractivity contribution in [3.63, 3.8) is 0 Å². The number of likely N-dealkylation sites (tertiary alicyclic amines) is 1.